The summed E-state index contributed by atoms with van der Waals surface area (Å²) in [5, 5.41) is 18.7. The van der Waals surface area contributed by atoms with Crippen molar-refractivity contribution in [3.8, 4) is 11.5 Å². The summed E-state index contributed by atoms with van der Waals surface area (Å²) < 4.78 is 5.32. The third-order valence-corrected chi connectivity index (χ3v) is 4.34. The quantitative estimate of drug-likeness (QED) is 0.627. The maximum atomic E-state index is 12.2. The highest BCUT2D eigenvalue weighted by Gasteiger charge is 2.32. The molecule has 1 aromatic carbocycles. The number of para-hydroxylation sites is 1. The normalized spacial score (nSPS) is 16.4. The van der Waals surface area contributed by atoms with Gasteiger partial charge in [-0.1, -0.05) is 36.1 Å². The SMILES string of the molecule is COc1cccc(/C=C2\SC(=S)N(CCC(=O)O)C2=O)c1O. The van der Waals surface area contributed by atoms with Crippen molar-refractivity contribution in [1.29, 1.82) is 0 Å². The molecule has 1 heterocycles. The summed E-state index contributed by atoms with van der Waals surface area (Å²) in [7, 11) is 1.43. The molecule has 0 spiro atoms. The van der Waals surface area contributed by atoms with E-state index in [0.717, 1.165) is 11.8 Å². The van der Waals surface area contributed by atoms with Crippen molar-refractivity contribution in [2.75, 3.05) is 13.7 Å². The molecule has 0 aliphatic carbocycles. The van der Waals surface area contributed by atoms with Gasteiger partial charge >= 0.3 is 5.97 Å². The van der Waals surface area contributed by atoms with Crippen LogP contribution in [0, 0.1) is 0 Å². The van der Waals surface area contributed by atoms with Crippen molar-refractivity contribution in [2.45, 2.75) is 6.42 Å². The number of ether oxygens (including phenoxy) is 1. The first-order chi connectivity index (χ1) is 10.4. The van der Waals surface area contributed by atoms with E-state index < -0.39 is 5.97 Å². The number of amides is 1. The zero-order valence-electron chi connectivity index (χ0n) is 11.6. The van der Waals surface area contributed by atoms with Crippen LogP contribution in [0.15, 0.2) is 23.1 Å². The van der Waals surface area contributed by atoms with Crippen LogP contribution in [0.5, 0.6) is 11.5 Å². The molecule has 0 bridgehead atoms. The number of methoxy groups -OCH3 is 1. The topological polar surface area (TPSA) is 87.1 Å². The Bertz CT molecular complexity index is 671. The summed E-state index contributed by atoms with van der Waals surface area (Å²) in [5.74, 6) is -1.13. The Labute approximate surface area is 136 Å². The Kier molecular flexibility index (Phi) is 5.04. The molecule has 0 saturated carbocycles. The van der Waals surface area contributed by atoms with Crippen LogP contribution >= 0.6 is 24.0 Å². The van der Waals surface area contributed by atoms with Crippen molar-refractivity contribution >= 4 is 46.3 Å². The molecule has 8 heteroatoms. The van der Waals surface area contributed by atoms with Gasteiger partial charge in [0.2, 0.25) is 0 Å². The Hall–Kier alpha value is -2.06. The second kappa shape index (κ2) is 6.80. The molecule has 0 atom stereocenters. The minimum absolute atomic E-state index is 0.0292. The lowest BCUT2D eigenvalue weighted by atomic mass is 10.1. The number of nitrogens with zero attached hydrogens (tertiary/aromatic N) is 1. The standard InChI is InChI=1S/C14H13NO5S2/c1-20-9-4-2-3-8(12(9)18)7-10-13(19)15(14(21)22-10)6-5-11(16)17/h2-4,7,18H,5-6H2,1H3,(H,16,17)/b10-7-. The molecule has 2 N–H and O–H groups in total. The minimum atomic E-state index is -0.997. The summed E-state index contributed by atoms with van der Waals surface area (Å²) in [5.41, 5.74) is 0.429. The summed E-state index contributed by atoms with van der Waals surface area (Å²) in [4.78, 5) is 24.4. The van der Waals surface area contributed by atoms with E-state index in [0.29, 0.717) is 20.5 Å². The van der Waals surface area contributed by atoms with Gasteiger partial charge in [-0.15, -0.1) is 0 Å². The fourth-order valence-electron chi connectivity index (χ4n) is 1.86. The Morgan fingerprint density at radius 1 is 1.50 bits per heavy atom. The van der Waals surface area contributed by atoms with Crippen LogP contribution in [0.1, 0.15) is 12.0 Å². The first-order valence-electron chi connectivity index (χ1n) is 6.27. The lowest BCUT2D eigenvalue weighted by Crippen LogP contribution is -2.30. The number of carboxylic acids is 1. The number of hydrogen-bond donors (Lipinski definition) is 2. The number of aromatic hydroxyl groups is 1. The Morgan fingerprint density at radius 2 is 2.23 bits per heavy atom. The average molecular weight is 339 g/mol. The highest BCUT2D eigenvalue weighted by molar-refractivity contribution is 8.26. The van der Waals surface area contributed by atoms with Crippen molar-refractivity contribution in [3.05, 3.63) is 28.7 Å². The van der Waals surface area contributed by atoms with Gasteiger partial charge in [0.1, 0.15) is 4.32 Å². The van der Waals surface area contributed by atoms with Crippen molar-refractivity contribution in [3.63, 3.8) is 0 Å². The van der Waals surface area contributed by atoms with Crippen LogP contribution in [-0.4, -0.2) is 45.0 Å². The van der Waals surface area contributed by atoms with E-state index in [1.54, 1.807) is 18.2 Å². The van der Waals surface area contributed by atoms with Crippen molar-refractivity contribution in [1.82, 2.24) is 4.90 Å². The van der Waals surface area contributed by atoms with Crippen LogP contribution in [0.2, 0.25) is 0 Å². The van der Waals surface area contributed by atoms with E-state index in [2.05, 4.69) is 0 Å². The molecular weight excluding hydrogens is 326 g/mol. The molecule has 1 saturated heterocycles. The minimum Gasteiger partial charge on any atom is -0.504 e. The third-order valence-electron chi connectivity index (χ3n) is 2.96. The van der Waals surface area contributed by atoms with Crippen LogP contribution < -0.4 is 4.74 Å². The molecule has 0 aromatic heterocycles. The Morgan fingerprint density at radius 3 is 2.86 bits per heavy atom. The van der Waals surface area contributed by atoms with E-state index in [9.17, 15) is 14.7 Å². The zero-order valence-corrected chi connectivity index (χ0v) is 13.2. The lowest BCUT2D eigenvalue weighted by Gasteiger charge is -2.12. The highest BCUT2D eigenvalue weighted by Crippen LogP contribution is 2.36. The largest absolute Gasteiger partial charge is 0.504 e. The van der Waals surface area contributed by atoms with Gasteiger partial charge in [-0.25, -0.2) is 0 Å². The first kappa shape index (κ1) is 16.3. The van der Waals surface area contributed by atoms with Gasteiger partial charge in [-0.3, -0.25) is 14.5 Å². The monoisotopic (exact) mass is 339 g/mol. The molecule has 2 rings (SSSR count). The number of aliphatic carboxylic acids is 1. The predicted octanol–water partition coefficient (Wildman–Crippen LogP) is 2.08. The molecule has 1 aromatic rings. The van der Waals surface area contributed by atoms with Gasteiger partial charge in [0.25, 0.3) is 5.91 Å². The van der Waals surface area contributed by atoms with Gasteiger partial charge in [-0.2, -0.15) is 0 Å². The van der Waals surface area contributed by atoms with Crippen molar-refractivity contribution < 1.29 is 24.5 Å². The second-order valence-corrected chi connectivity index (χ2v) is 6.05. The van der Waals surface area contributed by atoms with E-state index in [-0.39, 0.29) is 24.6 Å². The van der Waals surface area contributed by atoms with Crippen LogP contribution in [0.4, 0.5) is 0 Å². The number of hydrogen-bond acceptors (Lipinski definition) is 6. The van der Waals surface area contributed by atoms with E-state index in [1.165, 1.54) is 18.1 Å². The number of phenols is 1. The first-order valence-corrected chi connectivity index (χ1v) is 7.49. The molecule has 0 radical (unpaired) electrons. The number of carboxylic acid groups (broad SMARTS) is 1. The lowest BCUT2D eigenvalue weighted by molar-refractivity contribution is -0.137. The van der Waals surface area contributed by atoms with Crippen molar-refractivity contribution in [2.24, 2.45) is 0 Å². The molecular formula is C14H13NO5S2. The number of thioether (sulfide) groups is 1. The fourth-order valence-corrected chi connectivity index (χ4v) is 3.16. The van der Waals surface area contributed by atoms with Crippen LogP contribution in [-0.2, 0) is 9.59 Å². The van der Waals surface area contributed by atoms with Gasteiger partial charge < -0.3 is 14.9 Å². The predicted molar refractivity (Wildman–Crippen MR) is 86.8 cm³/mol. The van der Waals surface area contributed by atoms with Gasteiger partial charge in [0, 0.05) is 12.1 Å². The number of carbonyl (C=O) groups is 2. The maximum absolute atomic E-state index is 12.2. The number of benzene rings is 1. The van der Waals surface area contributed by atoms with Crippen LogP contribution in [0.3, 0.4) is 0 Å². The number of thiocarbonyl (C=S) groups is 1. The van der Waals surface area contributed by atoms with Gasteiger partial charge in [0.15, 0.2) is 11.5 Å². The van der Waals surface area contributed by atoms with Gasteiger partial charge in [0.05, 0.1) is 18.4 Å². The molecule has 0 unspecified atom stereocenters. The maximum Gasteiger partial charge on any atom is 0.305 e. The molecule has 1 aliphatic rings. The zero-order chi connectivity index (χ0) is 16.3. The van der Waals surface area contributed by atoms with Gasteiger partial charge in [-0.05, 0) is 12.1 Å². The van der Waals surface area contributed by atoms with E-state index in [1.807, 2.05) is 0 Å². The molecule has 1 aliphatic heterocycles. The number of carbonyl (C=O) groups excluding carboxylic acids is 1. The summed E-state index contributed by atoms with van der Waals surface area (Å²) in [6, 6.07) is 4.93. The number of phenolic OH excluding ortho intramolecular Hbond substituents is 1. The Balaban J connectivity index is 2.25. The second-order valence-electron chi connectivity index (χ2n) is 4.38. The number of rotatable bonds is 5. The van der Waals surface area contributed by atoms with E-state index in [4.69, 9.17) is 22.1 Å². The highest BCUT2D eigenvalue weighted by atomic mass is 32.2. The molecule has 1 fully saturated rings. The smallest absolute Gasteiger partial charge is 0.305 e. The third kappa shape index (κ3) is 3.40. The molecule has 22 heavy (non-hydrogen) atoms. The van der Waals surface area contributed by atoms with E-state index >= 15 is 0 Å². The summed E-state index contributed by atoms with van der Waals surface area (Å²) >= 11 is 6.17. The van der Waals surface area contributed by atoms with Crippen LogP contribution in [0.25, 0.3) is 6.08 Å². The summed E-state index contributed by atoms with van der Waals surface area (Å²) in [6.45, 7) is 0.0292. The molecule has 6 nitrogen and oxygen atoms in total. The molecule has 116 valence electrons. The average Bonchev–Trinajstić information content (AvgIpc) is 2.73. The summed E-state index contributed by atoms with van der Waals surface area (Å²) in [6.07, 6.45) is 1.34. The fraction of sp³-hybridized carbons (Fsp3) is 0.214. The molecule has 1 amide bonds.